The Bertz CT molecular complexity index is 413. The maximum atomic E-state index is 10.6. The van der Waals surface area contributed by atoms with E-state index in [1.807, 2.05) is 6.07 Å². The summed E-state index contributed by atoms with van der Waals surface area (Å²) in [7, 11) is 0. The molecule has 0 spiro atoms. The molecular formula is C12H18N4O. The first-order chi connectivity index (χ1) is 8.22. The Morgan fingerprint density at radius 2 is 2.00 bits per heavy atom. The molecule has 1 amide bonds. The van der Waals surface area contributed by atoms with Crippen LogP contribution in [-0.4, -0.2) is 11.4 Å². The first-order valence-corrected chi connectivity index (χ1v) is 5.98. The van der Waals surface area contributed by atoms with Gasteiger partial charge in [0.25, 0.3) is 0 Å². The number of aromatic nitrogens is 1. The third-order valence-corrected chi connectivity index (χ3v) is 3.35. The predicted octanol–water partition coefficient (Wildman–Crippen LogP) is 1.86. The molecule has 5 nitrogen and oxygen atoms in total. The van der Waals surface area contributed by atoms with E-state index in [0.717, 1.165) is 18.4 Å². The number of pyridine rings is 1. The lowest BCUT2D eigenvalue weighted by Gasteiger charge is -2.24. The molecule has 0 bridgehead atoms. The van der Waals surface area contributed by atoms with Gasteiger partial charge in [0.1, 0.15) is 11.6 Å². The van der Waals surface area contributed by atoms with Crippen LogP contribution in [-0.2, 0) is 4.79 Å². The van der Waals surface area contributed by atoms with Crippen molar-refractivity contribution >= 4 is 23.7 Å². The third kappa shape index (κ3) is 2.49. The lowest BCUT2D eigenvalue weighted by atomic mass is 9.84. The Kier molecular flexibility index (Phi) is 3.46. The summed E-state index contributed by atoms with van der Waals surface area (Å²) >= 11 is 0. The molecule has 1 aliphatic rings. The maximum Gasteiger partial charge on any atom is 0.212 e. The van der Waals surface area contributed by atoms with Gasteiger partial charge in [-0.3, -0.25) is 4.79 Å². The summed E-state index contributed by atoms with van der Waals surface area (Å²) in [5.41, 5.74) is 13.0. The quantitative estimate of drug-likeness (QED) is 0.696. The highest BCUT2D eigenvalue weighted by Gasteiger charge is 2.20. The first-order valence-electron chi connectivity index (χ1n) is 5.98. The second-order valence-corrected chi connectivity index (χ2v) is 4.50. The van der Waals surface area contributed by atoms with E-state index in [4.69, 9.17) is 11.5 Å². The summed E-state index contributed by atoms with van der Waals surface area (Å²) < 4.78 is 0. The van der Waals surface area contributed by atoms with E-state index < -0.39 is 0 Å². The molecule has 0 aliphatic heterocycles. The van der Waals surface area contributed by atoms with Gasteiger partial charge in [-0.25, -0.2) is 4.98 Å². The minimum absolute atomic E-state index is 0.272. The van der Waals surface area contributed by atoms with Crippen molar-refractivity contribution in [3.8, 4) is 0 Å². The van der Waals surface area contributed by atoms with Gasteiger partial charge in [0, 0.05) is 5.56 Å². The van der Waals surface area contributed by atoms with Crippen molar-refractivity contribution in [2.45, 2.75) is 38.0 Å². The third-order valence-electron chi connectivity index (χ3n) is 3.35. The summed E-state index contributed by atoms with van der Waals surface area (Å²) in [5, 5.41) is 2.61. The van der Waals surface area contributed by atoms with E-state index >= 15 is 0 Å². The Balaban J connectivity index is 2.35. The molecule has 0 saturated heterocycles. The molecule has 92 valence electrons. The summed E-state index contributed by atoms with van der Waals surface area (Å²) in [4.78, 5) is 14.7. The van der Waals surface area contributed by atoms with Crippen molar-refractivity contribution in [2.75, 3.05) is 16.8 Å². The lowest BCUT2D eigenvalue weighted by Crippen LogP contribution is -2.12. The van der Waals surface area contributed by atoms with Crippen LogP contribution in [0.25, 0.3) is 0 Å². The van der Waals surface area contributed by atoms with Crippen molar-refractivity contribution < 1.29 is 4.79 Å². The molecule has 1 fully saturated rings. The van der Waals surface area contributed by atoms with Crippen molar-refractivity contribution in [3.63, 3.8) is 0 Å². The van der Waals surface area contributed by atoms with Gasteiger partial charge in [0.15, 0.2) is 0 Å². The number of anilines is 3. The SMILES string of the molecule is Nc1cc(C2CCCCC2)c(NC=O)nc1N. The van der Waals surface area contributed by atoms with Crippen LogP contribution >= 0.6 is 0 Å². The normalized spacial score (nSPS) is 16.7. The average molecular weight is 234 g/mol. The van der Waals surface area contributed by atoms with Crippen LogP contribution in [0.2, 0.25) is 0 Å². The lowest BCUT2D eigenvalue weighted by molar-refractivity contribution is -0.105. The predicted molar refractivity (Wildman–Crippen MR) is 68.6 cm³/mol. The van der Waals surface area contributed by atoms with E-state index in [2.05, 4.69) is 10.3 Å². The number of hydrogen-bond acceptors (Lipinski definition) is 4. The molecule has 17 heavy (non-hydrogen) atoms. The molecule has 0 radical (unpaired) electrons. The minimum Gasteiger partial charge on any atom is -0.396 e. The van der Waals surface area contributed by atoms with Gasteiger partial charge in [-0.05, 0) is 24.8 Å². The second-order valence-electron chi connectivity index (χ2n) is 4.50. The van der Waals surface area contributed by atoms with Gasteiger partial charge in [0.2, 0.25) is 6.41 Å². The second kappa shape index (κ2) is 5.03. The Labute approximate surface area is 101 Å². The van der Waals surface area contributed by atoms with E-state index in [1.54, 1.807) is 0 Å². The highest BCUT2D eigenvalue weighted by molar-refractivity contribution is 5.75. The van der Waals surface area contributed by atoms with E-state index in [-0.39, 0.29) is 5.82 Å². The number of nitrogens with two attached hydrogens (primary N) is 2. The molecule has 0 atom stereocenters. The highest BCUT2D eigenvalue weighted by Crippen LogP contribution is 2.37. The zero-order chi connectivity index (χ0) is 12.3. The molecule has 0 aromatic carbocycles. The van der Waals surface area contributed by atoms with Crippen LogP contribution in [0.15, 0.2) is 6.07 Å². The summed E-state index contributed by atoms with van der Waals surface area (Å²) in [6, 6.07) is 1.85. The Morgan fingerprint density at radius 1 is 1.29 bits per heavy atom. The van der Waals surface area contributed by atoms with Crippen molar-refractivity contribution in [2.24, 2.45) is 0 Å². The minimum atomic E-state index is 0.272. The molecular weight excluding hydrogens is 216 g/mol. The van der Waals surface area contributed by atoms with Crippen LogP contribution in [0, 0.1) is 0 Å². The fourth-order valence-electron chi connectivity index (χ4n) is 2.46. The van der Waals surface area contributed by atoms with Gasteiger partial charge in [-0.2, -0.15) is 0 Å². The maximum absolute atomic E-state index is 10.6. The summed E-state index contributed by atoms with van der Waals surface area (Å²) in [5.74, 6) is 1.26. The zero-order valence-corrected chi connectivity index (χ0v) is 9.78. The van der Waals surface area contributed by atoms with E-state index in [0.29, 0.717) is 23.8 Å². The number of nitrogens with one attached hydrogen (secondary N) is 1. The monoisotopic (exact) mass is 234 g/mol. The standard InChI is InChI=1S/C12H18N4O/c13-10-6-9(8-4-2-1-3-5-8)12(15-7-17)16-11(10)14/h6-8H,1-5,13H2,(H3,14,15,16,17). The number of hydrogen-bond donors (Lipinski definition) is 3. The molecule has 5 heteroatoms. The summed E-state index contributed by atoms with van der Waals surface area (Å²) in [6.07, 6.45) is 6.59. The number of carbonyl (C=O) groups excluding carboxylic acids is 1. The highest BCUT2D eigenvalue weighted by atomic mass is 16.1. The molecule has 0 unspecified atom stereocenters. The number of carbonyl (C=O) groups is 1. The number of rotatable bonds is 3. The van der Waals surface area contributed by atoms with Gasteiger partial charge >= 0.3 is 0 Å². The fourth-order valence-corrected chi connectivity index (χ4v) is 2.46. The smallest absolute Gasteiger partial charge is 0.212 e. The zero-order valence-electron chi connectivity index (χ0n) is 9.78. The summed E-state index contributed by atoms with van der Waals surface area (Å²) in [6.45, 7) is 0. The molecule has 1 aliphatic carbocycles. The number of nitrogen functional groups attached to an aromatic ring is 2. The molecule has 1 heterocycles. The van der Waals surface area contributed by atoms with Crippen LogP contribution in [0.1, 0.15) is 43.6 Å². The Morgan fingerprint density at radius 3 is 2.65 bits per heavy atom. The van der Waals surface area contributed by atoms with Gasteiger partial charge in [-0.1, -0.05) is 19.3 Å². The topological polar surface area (TPSA) is 94.0 Å². The number of amides is 1. The fraction of sp³-hybridized carbons (Fsp3) is 0.500. The van der Waals surface area contributed by atoms with Crippen LogP contribution in [0.3, 0.4) is 0 Å². The first kappa shape index (κ1) is 11.7. The van der Waals surface area contributed by atoms with Crippen LogP contribution < -0.4 is 16.8 Å². The Hall–Kier alpha value is -1.78. The molecule has 1 aromatic rings. The van der Waals surface area contributed by atoms with Crippen molar-refractivity contribution in [1.29, 1.82) is 0 Å². The van der Waals surface area contributed by atoms with Crippen molar-refractivity contribution in [1.82, 2.24) is 4.98 Å². The van der Waals surface area contributed by atoms with Crippen molar-refractivity contribution in [3.05, 3.63) is 11.6 Å². The molecule has 1 aromatic heterocycles. The molecule has 2 rings (SSSR count). The van der Waals surface area contributed by atoms with Crippen LogP contribution in [0.4, 0.5) is 17.3 Å². The van der Waals surface area contributed by atoms with Gasteiger partial charge < -0.3 is 16.8 Å². The molecule has 5 N–H and O–H groups in total. The van der Waals surface area contributed by atoms with Gasteiger partial charge in [-0.15, -0.1) is 0 Å². The molecule has 1 saturated carbocycles. The largest absolute Gasteiger partial charge is 0.396 e. The van der Waals surface area contributed by atoms with Gasteiger partial charge in [0.05, 0.1) is 5.69 Å². The van der Waals surface area contributed by atoms with E-state index in [1.165, 1.54) is 19.3 Å². The average Bonchev–Trinajstić information content (AvgIpc) is 2.35. The van der Waals surface area contributed by atoms with Crippen LogP contribution in [0.5, 0.6) is 0 Å². The van der Waals surface area contributed by atoms with E-state index in [9.17, 15) is 4.79 Å². The number of nitrogens with zero attached hydrogens (tertiary/aromatic N) is 1.